The Hall–Kier alpha value is -3.50. The average molecular weight is 547 g/mol. The van der Waals surface area contributed by atoms with Crippen molar-refractivity contribution >= 4 is 22.8 Å². The summed E-state index contributed by atoms with van der Waals surface area (Å²) in [5.74, 6) is 0.826. The number of benzene rings is 1. The molecule has 4 aliphatic rings. The van der Waals surface area contributed by atoms with E-state index in [1.165, 1.54) is 25.9 Å². The molecule has 2 aromatic rings. The van der Waals surface area contributed by atoms with Crippen LogP contribution in [0.1, 0.15) is 43.7 Å². The van der Waals surface area contributed by atoms with Crippen LogP contribution in [-0.4, -0.2) is 102 Å². The van der Waals surface area contributed by atoms with Gasteiger partial charge in [0.25, 0.3) is 5.91 Å². The number of carbonyl (C=O) groups excluding carboxylic acids is 2. The van der Waals surface area contributed by atoms with E-state index in [9.17, 15) is 9.59 Å². The van der Waals surface area contributed by atoms with Crippen LogP contribution in [0.3, 0.4) is 0 Å². The second kappa shape index (κ2) is 12.3. The summed E-state index contributed by atoms with van der Waals surface area (Å²) < 4.78 is 11.1. The molecule has 1 N–H and O–H groups in total. The third-order valence-electron chi connectivity index (χ3n) is 8.47. The van der Waals surface area contributed by atoms with Crippen LogP contribution < -0.4 is 10.1 Å². The van der Waals surface area contributed by atoms with Crippen LogP contribution in [0.2, 0.25) is 0 Å². The number of nitrogens with zero attached hydrogens (tertiary/aromatic N) is 5. The van der Waals surface area contributed by atoms with Crippen molar-refractivity contribution in [1.29, 1.82) is 0 Å². The number of hydrogen-bond donors (Lipinski definition) is 1. The number of fused-ring (bicyclic) bond motifs is 1. The molecule has 3 saturated heterocycles. The number of piperidine rings is 1. The molecular weight excluding hydrogens is 508 g/mol. The first-order chi connectivity index (χ1) is 19.6. The summed E-state index contributed by atoms with van der Waals surface area (Å²) in [4.78, 5) is 40.7. The van der Waals surface area contributed by atoms with Crippen molar-refractivity contribution in [2.45, 2.75) is 44.1 Å². The Labute approximate surface area is 235 Å². The molecule has 0 spiro atoms. The number of amides is 3. The fourth-order valence-corrected chi connectivity index (χ4v) is 6.13. The van der Waals surface area contributed by atoms with Crippen molar-refractivity contribution in [2.75, 3.05) is 59.1 Å². The fourth-order valence-electron chi connectivity index (χ4n) is 6.13. The molecule has 4 heterocycles. The van der Waals surface area contributed by atoms with Crippen LogP contribution >= 0.6 is 0 Å². The van der Waals surface area contributed by atoms with E-state index < -0.39 is 0 Å². The molecule has 0 bridgehead atoms. The molecule has 1 aromatic heterocycles. The molecule has 1 aromatic carbocycles. The molecular formula is C30H38N6O4. The Bertz CT molecular complexity index is 1280. The van der Waals surface area contributed by atoms with Gasteiger partial charge in [-0.25, -0.2) is 14.8 Å². The highest BCUT2D eigenvalue weighted by Crippen LogP contribution is 2.32. The number of allylic oxidation sites excluding steroid dienone is 1. The zero-order chi connectivity index (χ0) is 27.3. The predicted molar refractivity (Wildman–Crippen MR) is 151 cm³/mol. The van der Waals surface area contributed by atoms with E-state index in [4.69, 9.17) is 9.47 Å². The summed E-state index contributed by atoms with van der Waals surface area (Å²) in [6.07, 6.45) is 13.2. The molecule has 3 amide bonds. The fraction of sp³-hybridized carbons (Fsp3) is 0.533. The predicted octanol–water partition coefficient (Wildman–Crippen LogP) is 3.06. The van der Waals surface area contributed by atoms with Crippen LogP contribution in [0.5, 0.6) is 5.75 Å². The molecule has 10 heteroatoms. The largest absolute Gasteiger partial charge is 0.484 e. The maximum Gasteiger partial charge on any atom is 0.321 e. The number of nitrogens with one attached hydrogen (secondary N) is 1. The van der Waals surface area contributed by atoms with Gasteiger partial charge in [-0.15, -0.1) is 0 Å². The molecule has 3 fully saturated rings. The Morgan fingerprint density at radius 3 is 2.55 bits per heavy atom. The lowest BCUT2D eigenvalue weighted by molar-refractivity contribution is -0.137. The van der Waals surface area contributed by atoms with Gasteiger partial charge in [0.2, 0.25) is 0 Å². The lowest BCUT2D eigenvalue weighted by Gasteiger charge is -2.32. The van der Waals surface area contributed by atoms with Crippen molar-refractivity contribution < 1.29 is 19.1 Å². The number of morpholine rings is 1. The number of carbonyl (C=O) groups is 2. The van der Waals surface area contributed by atoms with Gasteiger partial charge >= 0.3 is 6.03 Å². The van der Waals surface area contributed by atoms with Gasteiger partial charge in [-0.05, 0) is 63.4 Å². The van der Waals surface area contributed by atoms with E-state index in [1.807, 2.05) is 23.1 Å². The quantitative estimate of drug-likeness (QED) is 0.595. The molecule has 212 valence electrons. The zero-order valence-electron chi connectivity index (χ0n) is 23.0. The molecule has 1 atom stereocenters. The molecule has 0 radical (unpaired) electrons. The van der Waals surface area contributed by atoms with Crippen LogP contribution in [0.25, 0.3) is 10.9 Å². The third kappa shape index (κ3) is 6.13. The number of likely N-dealkylation sites (tertiary alicyclic amines) is 2. The van der Waals surface area contributed by atoms with Crippen LogP contribution in [0.15, 0.2) is 48.5 Å². The minimum Gasteiger partial charge on any atom is -0.484 e. The lowest BCUT2D eigenvalue weighted by atomic mass is 9.91. The summed E-state index contributed by atoms with van der Waals surface area (Å²) in [5, 5.41) is 4.09. The first kappa shape index (κ1) is 26.7. The van der Waals surface area contributed by atoms with E-state index in [-0.39, 0.29) is 24.5 Å². The highest BCUT2D eigenvalue weighted by molar-refractivity contribution is 5.83. The van der Waals surface area contributed by atoms with Gasteiger partial charge in [0.05, 0.1) is 24.4 Å². The number of hydrogen-bond acceptors (Lipinski definition) is 7. The van der Waals surface area contributed by atoms with E-state index in [0.717, 1.165) is 41.6 Å². The number of urea groups is 1. The van der Waals surface area contributed by atoms with Gasteiger partial charge in [-0.1, -0.05) is 12.2 Å². The molecule has 0 saturated carbocycles. The second-order valence-electron chi connectivity index (χ2n) is 11.0. The van der Waals surface area contributed by atoms with Crippen LogP contribution in [0, 0.1) is 0 Å². The van der Waals surface area contributed by atoms with Crippen LogP contribution in [0.4, 0.5) is 4.79 Å². The Balaban J connectivity index is 1.01. The standard InChI is InChI=1S/C30H38N6O4/c37-28(35-15-17-39-18-16-35)20-40-25-7-8-26-27(19-25)31-21-32-29(26)22-9-13-36(14-10-22)30(38)33-23-3-5-24(6-4-23)34-11-1-2-12-34/h3-5,7-8,19,21-22,24H,1-2,6,9-18,20H2,(H,33,38). The van der Waals surface area contributed by atoms with Crippen molar-refractivity contribution in [3.05, 3.63) is 54.1 Å². The van der Waals surface area contributed by atoms with Crippen LogP contribution in [-0.2, 0) is 9.53 Å². The molecule has 10 nitrogen and oxygen atoms in total. The smallest absolute Gasteiger partial charge is 0.321 e. The normalized spacial score (nSPS) is 22.4. The molecule has 3 aliphatic heterocycles. The maximum atomic E-state index is 13.0. The number of ether oxygens (including phenoxy) is 2. The lowest BCUT2D eigenvalue weighted by Crippen LogP contribution is -2.44. The zero-order valence-corrected chi connectivity index (χ0v) is 23.0. The first-order valence-corrected chi connectivity index (χ1v) is 14.6. The molecule has 1 aliphatic carbocycles. The van der Waals surface area contributed by atoms with Gasteiger partial charge in [0.15, 0.2) is 6.61 Å². The van der Waals surface area contributed by atoms with E-state index >= 15 is 0 Å². The molecule has 1 unspecified atom stereocenters. The topological polar surface area (TPSA) is 100 Å². The van der Waals surface area contributed by atoms with Gasteiger partial charge in [0.1, 0.15) is 12.1 Å². The minimum atomic E-state index is -0.0374. The van der Waals surface area contributed by atoms with Gasteiger partial charge in [-0.2, -0.15) is 0 Å². The average Bonchev–Trinajstić information content (AvgIpc) is 3.55. The van der Waals surface area contributed by atoms with E-state index in [1.54, 1.807) is 11.2 Å². The number of rotatable bonds is 6. The van der Waals surface area contributed by atoms with Crippen molar-refractivity contribution in [1.82, 2.24) is 30.0 Å². The van der Waals surface area contributed by atoms with Gasteiger partial charge < -0.3 is 24.6 Å². The summed E-state index contributed by atoms with van der Waals surface area (Å²) in [6, 6.07) is 6.16. The maximum absolute atomic E-state index is 13.0. The van der Waals surface area contributed by atoms with E-state index in [2.05, 4.69) is 38.4 Å². The first-order valence-electron chi connectivity index (χ1n) is 14.6. The van der Waals surface area contributed by atoms with Crippen molar-refractivity contribution in [3.8, 4) is 5.75 Å². The summed E-state index contributed by atoms with van der Waals surface area (Å²) >= 11 is 0. The van der Waals surface area contributed by atoms with Crippen molar-refractivity contribution in [3.63, 3.8) is 0 Å². The van der Waals surface area contributed by atoms with Gasteiger partial charge in [-0.3, -0.25) is 9.69 Å². The van der Waals surface area contributed by atoms with E-state index in [0.29, 0.717) is 51.2 Å². The number of aromatic nitrogens is 2. The second-order valence-corrected chi connectivity index (χ2v) is 11.0. The Kier molecular flexibility index (Phi) is 8.24. The Morgan fingerprint density at radius 1 is 1.00 bits per heavy atom. The summed E-state index contributed by atoms with van der Waals surface area (Å²) in [5.41, 5.74) is 2.70. The highest BCUT2D eigenvalue weighted by Gasteiger charge is 2.27. The third-order valence-corrected chi connectivity index (χ3v) is 8.47. The molecule has 6 rings (SSSR count). The van der Waals surface area contributed by atoms with Crippen molar-refractivity contribution in [2.24, 2.45) is 0 Å². The monoisotopic (exact) mass is 546 g/mol. The highest BCUT2D eigenvalue weighted by atomic mass is 16.5. The van der Waals surface area contributed by atoms with Gasteiger partial charge in [0, 0.05) is 55.3 Å². The SMILES string of the molecule is O=C(COc1ccc2c(C3CCN(C(=O)NC4=CCC(N5CCCC5)C=C4)CC3)ncnc2c1)N1CCOCC1. The molecule has 40 heavy (non-hydrogen) atoms. The Morgan fingerprint density at radius 2 is 1.80 bits per heavy atom. The minimum absolute atomic E-state index is 0.00427. The summed E-state index contributed by atoms with van der Waals surface area (Å²) in [7, 11) is 0. The summed E-state index contributed by atoms with van der Waals surface area (Å²) in [6.45, 7) is 6.05.